The molecule has 2 aromatic heterocycles. The number of para-hydroxylation sites is 1. The van der Waals surface area contributed by atoms with E-state index in [-0.39, 0.29) is 5.91 Å². The van der Waals surface area contributed by atoms with Gasteiger partial charge in [0, 0.05) is 17.9 Å². The molecule has 1 amide bonds. The highest BCUT2D eigenvalue weighted by Crippen LogP contribution is 2.23. The molecule has 29 heavy (non-hydrogen) atoms. The topological polar surface area (TPSA) is 51.0 Å². The molecule has 2 aromatic carbocycles. The zero-order valence-electron chi connectivity index (χ0n) is 17.0. The molecular formula is C24H24N4O. The number of fused-ring (bicyclic) bond motifs is 1. The first-order valence-electron chi connectivity index (χ1n) is 9.82. The summed E-state index contributed by atoms with van der Waals surface area (Å²) in [5, 5.41) is 5.32. The predicted molar refractivity (Wildman–Crippen MR) is 116 cm³/mol. The minimum atomic E-state index is -0.0379. The molecule has 0 aliphatic heterocycles. The van der Waals surface area contributed by atoms with Gasteiger partial charge in [-0.3, -0.25) is 4.79 Å². The van der Waals surface area contributed by atoms with Crippen LogP contribution in [-0.4, -0.2) is 27.2 Å². The third kappa shape index (κ3) is 3.76. The fourth-order valence-electron chi connectivity index (χ4n) is 3.53. The average Bonchev–Trinajstić information content (AvgIpc) is 3.13. The third-order valence-electron chi connectivity index (χ3n) is 5.05. The van der Waals surface area contributed by atoms with E-state index in [0.29, 0.717) is 18.7 Å². The summed E-state index contributed by atoms with van der Waals surface area (Å²) in [5.41, 5.74) is 5.43. The maximum Gasteiger partial charge on any atom is 0.259 e. The summed E-state index contributed by atoms with van der Waals surface area (Å²) in [7, 11) is 0. The van der Waals surface area contributed by atoms with Crippen LogP contribution in [0.15, 0.2) is 66.9 Å². The highest BCUT2D eigenvalue weighted by molar-refractivity contribution is 6.13. The highest BCUT2D eigenvalue weighted by Gasteiger charge is 2.21. The Morgan fingerprint density at radius 3 is 2.45 bits per heavy atom. The summed E-state index contributed by atoms with van der Waals surface area (Å²) >= 11 is 0. The van der Waals surface area contributed by atoms with Crippen molar-refractivity contribution < 1.29 is 4.79 Å². The van der Waals surface area contributed by atoms with E-state index in [1.54, 1.807) is 11.1 Å². The number of amides is 1. The Labute approximate surface area is 170 Å². The Morgan fingerprint density at radius 2 is 1.76 bits per heavy atom. The monoisotopic (exact) mass is 384 g/mol. The van der Waals surface area contributed by atoms with Crippen LogP contribution in [0.25, 0.3) is 11.0 Å². The molecule has 0 spiro atoms. The highest BCUT2D eigenvalue weighted by atomic mass is 16.2. The Bertz CT molecular complexity index is 1150. The second-order valence-corrected chi connectivity index (χ2v) is 7.22. The van der Waals surface area contributed by atoms with Crippen molar-refractivity contribution >= 4 is 22.6 Å². The van der Waals surface area contributed by atoms with Gasteiger partial charge in [0.25, 0.3) is 5.91 Å². The molecule has 0 N–H and O–H groups in total. The zero-order valence-corrected chi connectivity index (χ0v) is 17.0. The Hall–Kier alpha value is -3.47. The number of hydrogen-bond acceptors (Lipinski definition) is 3. The normalized spacial score (nSPS) is 11.0. The van der Waals surface area contributed by atoms with Crippen LogP contribution >= 0.6 is 0 Å². The fourth-order valence-corrected chi connectivity index (χ4v) is 3.53. The predicted octanol–water partition coefficient (Wildman–Crippen LogP) is 4.76. The Balaban J connectivity index is 1.74. The number of carbonyl (C=O) groups excluding carboxylic acids is 1. The van der Waals surface area contributed by atoms with E-state index in [9.17, 15) is 4.79 Å². The first-order valence-corrected chi connectivity index (χ1v) is 9.82. The van der Waals surface area contributed by atoms with Gasteiger partial charge in [0.1, 0.15) is 0 Å². The molecule has 2 heterocycles. The van der Waals surface area contributed by atoms with E-state index in [2.05, 4.69) is 41.3 Å². The third-order valence-corrected chi connectivity index (χ3v) is 5.05. The lowest BCUT2D eigenvalue weighted by atomic mass is 10.1. The summed E-state index contributed by atoms with van der Waals surface area (Å²) in [6.45, 7) is 7.17. The van der Waals surface area contributed by atoms with Crippen molar-refractivity contribution in [3.63, 3.8) is 0 Å². The molecular weight excluding hydrogens is 360 g/mol. The number of benzene rings is 2. The fraction of sp³-hybridized carbons (Fsp3) is 0.208. The summed E-state index contributed by atoms with van der Waals surface area (Å²) in [6.07, 6.45) is 1.75. The lowest BCUT2D eigenvalue weighted by molar-refractivity contribution is 0.0989. The van der Waals surface area contributed by atoms with Crippen molar-refractivity contribution in [2.45, 2.75) is 27.3 Å². The lowest BCUT2D eigenvalue weighted by Crippen LogP contribution is -2.30. The molecule has 0 fully saturated rings. The van der Waals surface area contributed by atoms with Crippen LogP contribution in [0.2, 0.25) is 0 Å². The summed E-state index contributed by atoms with van der Waals surface area (Å²) in [4.78, 5) is 19.9. The van der Waals surface area contributed by atoms with Crippen LogP contribution in [0.4, 0.5) is 5.69 Å². The first kappa shape index (κ1) is 18.9. The smallest absolute Gasteiger partial charge is 0.259 e. The van der Waals surface area contributed by atoms with Crippen molar-refractivity contribution in [3.05, 3.63) is 89.2 Å². The zero-order chi connectivity index (χ0) is 20.4. The molecule has 0 aliphatic carbocycles. The number of carbonyl (C=O) groups is 1. The summed E-state index contributed by atoms with van der Waals surface area (Å²) < 4.78 is 1.86. The maximum absolute atomic E-state index is 13.4. The second-order valence-electron chi connectivity index (χ2n) is 7.22. The molecule has 0 aliphatic rings. The van der Waals surface area contributed by atoms with Gasteiger partial charge in [-0.05, 0) is 44.5 Å². The maximum atomic E-state index is 13.4. The number of nitrogens with zero attached hydrogens (tertiary/aromatic N) is 4. The van der Waals surface area contributed by atoms with Gasteiger partial charge in [0.05, 0.1) is 23.7 Å². The van der Waals surface area contributed by atoms with E-state index in [4.69, 9.17) is 0 Å². The molecule has 0 saturated carbocycles. The van der Waals surface area contributed by atoms with E-state index < -0.39 is 0 Å². The van der Waals surface area contributed by atoms with Gasteiger partial charge in [-0.25, -0.2) is 9.67 Å². The van der Waals surface area contributed by atoms with Crippen molar-refractivity contribution in [3.8, 4) is 0 Å². The van der Waals surface area contributed by atoms with E-state index in [1.807, 2.05) is 54.9 Å². The van der Waals surface area contributed by atoms with Gasteiger partial charge in [0.15, 0.2) is 5.65 Å². The number of hydrogen-bond donors (Lipinski definition) is 0. The van der Waals surface area contributed by atoms with Crippen LogP contribution < -0.4 is 4.90 Å². The standard InChI is InChI=1S/C24H24N4O/c1-4-27(20-8-6-5-7-9-20)24(29)21-14-18(3)26-23-22(21)15-25-28(23)16-19-12-10-17(2)11-13-19/h5-15H,4,16H2,1-3H3. The SMILES string of the molecule is CCN(C(=O)c1cc(C)nc2c1cnn2Cc1ccc(C)cc1)c1ccccc1. The number of aryl methyl sites for hydroxylation is 2. The van der Waals surface area contributed by atoms with Gasteiger partial charge < -0.3 is 4.90 Å². The molecule has 5 nitrogen and oxygen atoms in total. The molecule has 5 heteroatoms. The van der Waals surface area contributed by atoms with Crippen molar-refractivity contribution in [2.24, 2.45) is 0 Å². The Kier molecular flexibility index (Phi) is 5.12. The molecule has 0 atom stereocenters. The van der Waals surface area contributed by atoms with Gasteiger partial charge in [-0.15, -0.1) is 0 Å². The van der Waals surface area contributed by atoms with E-state index in [1.165, 1.54) is 5.56 Å². The quantitative estimate of drug-likeness (QED) is 0.498. The second kappa shape index (κ2) is 7.87. The molecule has 0 saturated heterocycles. The van der Waals surface area contributed by atoms with Crippen molar-refractivity contribution in [1.82, 2.24) is 14.8 Å². The number of aromatic nitrogens is 3. The van der Waals surface area contributed by atoms with Gasteiger partial charge in [-0.1, -0.05) is 48.0 Å². The van der Waals surface area contributed by atoms with Gasteiger partial charge in [-0.2, -0.15) is 5.10 Å². The first-order chi connectivity index (χ1) is 14.1. The van der Waals surface area contributed by atoms with Crippen LogP contribution in [0.5, 0.6) is 0 Å². The summed E-state index contributed by atoms with van der Waals surface area (Å²) in [5.74, 6) is -0.0379. The Morgan fingerprint density at radius 1 is 1.03 bits per heavy atom. The molecule has 0 bridgehead atoms. The van der Waals surface area contributed by atoms with Crippen molar-refractivity contribution in [1.29, 1.82) is 0 Å². The number of pyridine rings is 1. The molecule has 4 aromatic rings. The average molecular weight is 384 g/mol. The van der Waals surface area contributed by atoms with Crippen LogP contribution in [-0.2, 0) is 6.54 Å². The molecule has 4 rings (SSSR count). The van der Waals surface area contributed by atoms with Crippen molar-refractivity contribution in [2.75, 3.05) is 11.4 Å². The van der Waals surface area contributed by atoms with E-state index >= 15 is 0 Å². The molecule has 146 valence electrons. The molecule has 0 radical (unpaired) electrons. The minimum absolute atomic E-state index is 0.0379. The van der Waals surface area contributed by atoms with Gasteiger partial charge in [0.2, 0.25) is 0 Å². The summed E-state index contributed by atoms with van der Waals surface area (Å²) in [6, 6.07) is 20.0. The van der Waals surface area contributed by atoms with Crippen LogP contribution in [0, 0.1) is 13.8 Å². The van der Waals surface area contributed by atoms with E-state index in [0.717, 1.165) is 28.0 Å². The number of anilines is 1. The largest absolute Gasteiger partial charge is 0.309 e. The van der Waals surface area contributed by atoms with Crippen LogP contribution in [0.1, 0.15) is 34.1 Å². The van der Waals surface area contributed by atoms with Gasteiger partial charge >= 0.3 is 0 Å². The number of rotatable bonds is 5. The lowest BCUT2D eigenvalue weighted by Gasteiger charge is -2.21. The minimum Gasteiger partial charge on any atom is -0.309 e. The molecule has 0 unspecified atom stereocenters. The van der Waals surface area contributed by atoms with Crippen LogP contribution in [0.3, 0.4) is 0 Å².